The van der Waals surface area contributed by atoms with Crippen molar-refractivity contribution in [2.45, 2.75) is 59.5 Å². The molecule has 3 heterocycles. The average Bonchev–Trinajstić information content (AvgIpc) is 3.25. The number of H-pyrrole nitrogens is 1. The zero-order valence-corrected chi connectivity index (χ0v) is 20.1. The van der Waals surface area contributed by atoms with E-state index in [4.69, 9.17) is 0 Å². The molecule has 4 rings (SSSR count). The second-order valence-corrected chi connectivity index (χ2v) is 9.58. The number of hydrogen-bond donors (Lipinski definition) is 1. The van der Waals surface area contributed by atoms with Crippen molar-refractivity contribution < 1.29 is 0 Å². The molecule has 32 heavy (non-hydrogen) atoms. The zero-order chi connectivity index (χ0) is 23.0. The quantitative estimate of drug-likeness (QED) is 0.638. The SMILES string of the molecule is CCN1CCN([C@H](c2cc3c(C)cc(C)cc3[nH]c2=O)c2nnnn2C(C)(C)CC)CC1. The van der Waals surface area contributed by atoms with Crippen LogP contribution in [-0.2, 0) is 5.54 Å². The number of benzene rings is 1. The van der Waals surface area contributed by atoms with Crippen molar-refractivity contribution in [3.63, 3.8) is 0 Å². The third-order valence-electron chi connectivity index (χ3n) is 7.03. The van der Waals surface area contributed by atoms with E-state index in [1.165, 1.54) is 0 Å². The highest BCUT2D eigenvalue weighted by Gasteiger charge is 2.35. The van der Waals surface area contributed by atoms with Gasteiger partial charge in [-0.1, -0.05) is 19.9 Å². The molecular weight excluding hydrogens is 402 g/mol. The van der Waals surface area contributed by atoms with Crippen molar-refractivity contribution in [3.8, 4) is 0 Å². The fourth-order valence-corrected chi connectivity index (χ4v) is 4.67. The first-order valence-corrected chi connectivity index (χ1v) is 11.6. The van der Waals surface area contributed by atoms with E-state index in [1.807, 2.05) is 10.7 Å². The van der Waals surface area contributed by atoms with Gasteiger partial charge in [-0.25, -0.2) is 4.68 Å². The number of aromatic amines is 1. The predicted octanol–water partition coefficient (Wildman–Crippen LogP) is 3.00. The smallest absolute Gasteiger partial charge is 0.253 e. The summed E-state index contributed by atoms with van der Waals surface area (Å²) in [6.45, 7) is 17.4. The fourth-order valence-electron chi connectivity index (χ4n) is 4.67. The minimum Gasteiger partial charge on any atom is -0.322 e. The lowest BCUT2D eigenvalue weighted by molar-refractivity contribution is 0.105. The minimum absolute atomic E-state index is 0.0747. The molecule has 0 unspecified atom stereocenters. The van der Waals surface area contributed by atoms with Crippen LogP contribution in [0.1, 0.15) is 62.7 Å². The van der Waals surface area contributed by atoms with Crippen LogP contribution in [0.4, 0.5) is 0 Å². The summed E-state index contributed by atoms with van der Waals surface area (Å²) in [5, 5.41) is 13.9. The van der Waals surface area contributed by atoms with E-state index in [0.717, 1.165) is 67.0 Å². The summed E-state index contributed by atoms with van der Waals surface area (Å²) in [4.78, 5) is 21.4. The van der Waals surface area contributed by atoms with Gasteiger partial charge in [0, 0.05) is 42.6 Å². The van der Waals surface area contributed by atoms with Crippen molar-refractivity contribution in [2.24, 2.45) is 0 Å². The number of likely N-dealkylation sites (N-methyl/N-ethyl adjacent to an activating group) is 1. The first-order valence-electron chi connectivity index (χ1n) is 11.6. The van der Waals surface area contributed by atoms with Crippen LogP contribution in [-0.4, -0.2) is 67.7 Å². The fraction of sp³-hybridized carbons (Fsp3) is 0.583. The van der Waals surface area contributed by atoms with Crippen LogP contribution >= 0.6 is 0 Å². The Labute approximate surface area is 189 Å². The lowest BCUT2D eigenvalue weighted by atomic mass is 9.97. The van der Waals surface area contributed by atoms with Gasteiger partial charge in [-0.3, -0.25) is 9.69 Å². The number of nitrogens with one attached hydrogen (secondary N) is 1. The third-order valence-corrected chi connectivity index (χ3v) is 7.03. The second-order valence-electron chi connectivity index (χ2n) is 9.58. The maximum atomic E-state index is 13.4. The number of hydrogen-bond acceptors (Lipinski definition) is 6. The van der Waals surface area contributed by atoms with Crippen molar-refractivity contribution in [3.05, 3.63) is 51.1 Å². The molecule has 0 saturated carbocycles. The van der Waals surface area contributed by atoms with Crippen molar-refractivity contribution >= 4 is 10.9 Å². The van der Waals surface area contributed by atoms with Crippen LogP contribution in [0.3, 0.4) is 0 Å². The van der Waals surface area contributed by atoms with Crippen LogP contribution in [0.5, 0.6) is 0 Å². The molecule has 8 heteroatoms. The number of tetrazole rings is 1. The molecule has 1 saturated heterocycles. The van der Waals surface area contributed by atoms with Crippen LogP contribution in [0.15, 0.2) is 23.0 Å². The second kappa shape index (κ2) is 8.75. The van der Waals surface area contributed by atoms with Crippen LogP contribution in [0.25, 0.3) is 10.9 Å². The third kappa shape index (κ3) is 4.09. The van der Waals surface area contributed by atoms with Gasteiger partial charge in [0.1, 0.15) is 6.04 Å². The van der Waals surface area contributed by atoms with Crippen molar-refractivity contribution in [2.75, 3.05) is 32.7 Å². The van der Waals surface area contributed by atoms with Gasteiger partial charge in [-0.15, -0.1) is 5.10 Å². The van der Waals surface area contributed by atoms with Crippen molar-refractivity contribution in [1.82, 2.24) is 35.0 Å². The molecule has 2 aromatic heterocycles. The van der Waals surface area contributed by atoms with Gasteiger partial charge in [-0.2, -0.15) is 0 Å². The number of fused-ring (bicyclic) bond motifs is 1. The molecule has 172 valence electrons. The lowest BCUT2D eigenvalue weighted by Gasteiger charge is -2.39. The molecule has 1 aromatic carbocycles. The Balaban J connectivity index is 1.89. The molecule has 0 spiro atoms. The van der Waals surface area contributed by atoms with Gasteiger partial charge in [0.15, 0.2) is 5.82 Å². The normalized spacial score (nSPS) is 17.2. The number of aryl methyl sites for hydroxylation is 2. The van der Waals surface area contributed by atoms with Crippen LogP contribution < -0.4 is 5.56 Å². The Bertz CT molecular complexity index is 1150. The highest BCUT2D eigenvalue weighted by molar-refractivity contribution is 5.83. The maximum absolute atomic E-state index is 13.4. The van der Waals surface area contributed by atoms with Gasteiger partial charge in [-0.05, 0) is 74.3 Å². The summed E-state index contributed by atoms with van der Waals surface area (Å²) >= 11 is 0. The Morgan fingerprint density at radius 1 is 1.09 bits per heavy atom. The Morgan fingerprint density at radius 3 is 2.47 bits per heavy atom. The van der Waals surface area contributed by atoms with Gasteiger partial charge in [0.05, 0.1) is 5.54 Å². The summed E-state index contributed by atoms with van der Waals surface area (Å²) in [6, 6.07) is 5.94. The molecule has 3 aromatic rings. The molecule has 0 aliphatic carbocycles. The lowest BCUT2D eigenvalue weighted by Crippen LogP contribution is -2.49. The Hall–Kier alpha value is -2.58. The first-order chi connectivity index (χ1) is 15.2. The van der Waals surface area contributed by atoms with Gasteiger partial charge in [0.25, 0.3) is 5.56 Å². The molecule has 0 amide bonds. The van der Waals surface area contributed by atoms with E-state index < -0.39 is 0 Å². The van der Waals surface area contributed by atoms with E-state index in [1.54, 1.807) is 0 Å². The molecule has 0 radical (unpaired) electrons. The number of nitrogens with zero attached hydrogens (tertiary/aromatic N) is 6. The van der Waals surface area contributed by atoms with Gasteiger partial charge < -0.3 is 9.88 Å². The van der Waals surface area contributed by atoms with E-state index in [9.17, 15) is 4.79 Å². The number of pyridine rings is 1. The van der Waals surface area contributed by atoms with Crippen molar-refractivity contribution in [1.29, 1.82) is 0 Å². The molecule has 1 aliphatic rings. The standard InChI is InChI=1S/C24H35N7O/c1-7-24(5,6)31-22(26-27-28-31)21(30-11-9-29(8-2)10-12-30)19-15-18-17(4)13-16(3)14-20(18)25-23(19)32/h13-15,21H,7-12H2,1-6H3,(H,25,32)/t21-/m1/s1. The van der Waals surface area contributed by atoms with E-state index in [0.29, 0.717) is 5.56 Å². The van der Waals surface area contributed by atoms with Crippen LogP contribution in [0.2, 0.25) is 0 Å². The summed E-state index contributed by atoms with van der Waals surface area (Å²) < 4.78 is 1.91. The molecule has 8 nitrogen and oxygen atoms in total. The Kier molecular flexibility index (Phi) is 6.18. The van der Waals surface area contributed by atoms with E-state index >= 15 is 0 Å². The maximum Gasteiger partial charge on any atom is 0.253 e. The van der Waals surface area contributed by atoms with Crippen LogP contribution in [0, 0.1) is 13.8 Å². The Morgan fingerprint density at radius 2 is 1.81 bits per heavy atom. The highest BCUT2D eigenvalue weighted by atomic mass is 16.1. The zero-order valence-electron chi connectivity index (χ0n) is 20.1. The molecule has 1 aliphatic heterocycles. The van der Waals surface area contributed by atoms with Gasteiger partial charge >= 0.3 is 0 Å². The minimum atomic E-state index is -0.302. The number of piperazine rings is 1. The van der Waals surface area contributed by atoms with E-state index in [-0.39, 0.29) is 17.1 Å². The average molecular weight is 438 g/mol. The van der Waals surface area contributed by atoms with Gasteiger partial charge in [0.2, 0.25) is 0 Å². The number of aromatic nitrogens is 5. The number of rotatable bonds is 6. The van der Waals surface area contributed by atoms with E-state index in [2.05, 4.69) is 84.0 Å². The monoisotopic (exact) mass is 437 g/mol. The molecule has 0 bridgehead atoms. The first kappa shape index (κ1) is 22.6. The molecule has 1 atom stereocenters. The summed E-state index contributed by atoms with van der Waals surface area (Å²) in [5.41, 5.74) is 3.55. The molecule has 1 N–H and O–H groups in total. The highest BCUT2D eigenvalue weighted by Crippen LogP contribution is 2.31. The topological polar surface area (TPSA) is 82.9 Å². The predicted molar refractivity (Wildman–Crippen MR) is 127 cm³/mol. The molecule has 1 fully saturated rings. The largest absolute Gasteiger partial charge is 0.322 e. The molecular formula is C24H35N7O. The summed E-state index contributed by atoms with van der Waals surface area (Å²) in [7, 11) is 0. The summed E-state index contributed by atoms with van der Waals surface area (Å²) in [5.74, 6) is 0.733. The summed E-state index contributed by atoms with van der Waals surface area (Å²) in [6.07, 6.45) is 0.883.